The van der Waals surface area contributed by atoms with E-state index in [0.717, 1.165) is 25.2 Å². The number of hydrogen-bond acceptors (Lipinski definition) is 5. The van der Waals surface area contributed by atoms with Gasteiger partial charge in [0.1, 0.15) is 10.7 Å². The molecule has 1 fully saturated rings. The highest BCUT2D eigenvalue weighted by atomic mass is 32.2. The van der Waals surface area contributed by atoms with Crippen molar-refractivity contribution < 1.29 is 21.6 Å². The Morgan fingerprint density at radius 2 is 1.89 bits per heavy atom. The molecular formula is C19H22F3N3O2S. The van der Waals surface area contributed by atoms with E-state index in [1.54, 1.807) is 18.3 Å². The largest absolute Gasteiger partial charge is 0.416 e. The van der Waals surface area contributed by atoms with Gasteiger partial charge in [-0.2, -0.15) is 13.2 Å². The fourth-order valence-electron chi connectivity index (χ4n) is 3.33. The van der Waals surface area contributed by atoms with Gasteiger partial charge in [-0.25, -0.2) is 13.4 Å². The second kappa shape index (κ2) is 8.08. The molecule has 1 aliphatic rings. The highest BCUT2D eigenvalue weighted by Crippen LogP contribution is 2.30. The fraction of sp³-hybridized carbons (Fsp3) is 0.421. The zero-order valence-corrected chi connectivity index (χ0v) is 16.2. The Labute approximate surface area is 162 Å². The summed E-state index contributed by atoms with van der Waals surface area (Å²) in [5.74, 6) is 0.348. The highest BCUT2D eigenvalue weighted by Gasteiger charge is 2.30. The van der Waals surface area contributed by atoms with Gasteiger partial charge in [0, 0.05) is 38.1 Å². The second-order valence-electron chi connectivity index (χ2n) is 7.02. The number of aromatic nitrogens is 1. The van der Waals surface area contributed by atoms with E-state index in [9.17, 15) is 21.6 Å². The first-order chi connectivity index (χ1) is 13.1. The van der Waals surface area contributed by atoms with E-state index in [0.29, 0.717) is 31.0 Å². The molecule has 0 bridgehead atoms. The molecule has 1 aromatic carbocycles. The lowest BCUT2D eigenvalue weighted by atomic mass is 10.0. The quantitative estimate of drug-likeness (QED) is 0.812. The highest BCUT2D eigenvalue weighted by molar-refractivity contribution is 7.90. The lowest BCUT2D eigenvalue weighted by Crippen LogP contribution is -2.39. The van der Waals surface area contributed by atoms with E-state index in [1.807, 2.05) is 0 Å². The maximum atomic E-state index is 12.9. The van der Waals surface area contributed by atoms with Gasteiger partial charge in [0.25, 0.3) is 0 Å². The van der Waals surface area contributed by atoms with Crippen molar-refractivity contribution in [1.29, 1.82) is 0 Å². The predicted octanol–water partition coefficient (Wildman–Crippen LogP) is 3.58. The standard InChI is InChI=1S/C19H22F3N3O2S/c1-28(26,27)17-6-3-9-23-18(17)24-16-7-10-25(11-8-16)13-14-4-2-5-15(12-14)19(20,21)22/h2-6,9,12,16H,7-8,10-11,13H2,1H3,(H,23,24). The van der Waals surface area contributed by atoms with Crippen LogP contribution < -0.4 is 5.32 Å². The molecule has 2 aromatic rings. The Balaban J connectivity index is 1.59. The first-order valence-electron chi connectivity index (χ1n) is 8.93. The number of sulfone groups is 1. The molecule has 1 saturated heterocycles. The number of rotatable bonds is 5. The summed E-state index contributed by atoms with van der Waals surface area (Å²) in [6, 6.07) is 8.56. The van der Waals surface area contributed by atoms with Crippen LogP contribution in [-0.4, -0.2) is 43.7 Å². The second-order valence-corrected chi connectivity index (χ2v) is 9.00. The Hall–Kier alpha value is -2.13. The number of nitrogens with one attached hydrogen (secondary N) is 1. The molecule has 5 nitrogen and oxygen atoms in total. The molecule has 2 heterocycles. The minimum atomic E-state index is -4.34. The molecule has 1 N–H and O–H groups in total. The molecule has 0 atom stereocenters. The molecule has 1 aromatic heterocycles. The van der Waals surface area contributed by atoms with Crippen molar-refractivity contribution in [2.45, 2.75) is 36.5 Å². The zero-order chi connectivity index (χ0) is 20.4. The van der Waals surface area contributed by atoms with Crippen molar-refractivity contribution in [3.63, 3.8) is 0 Å². The molecule has 0 saturated carbocycles. The predicted molar refractivity (Wildman–Crippen MR) is 101 cm³/mol. The van der Waals surface area contributed by atoms with Crippen molar-refractivity contribution in [1.82, 2.24) is 9.88 Å². The minimum absolute atomic E-state index is 0.0631. The summed E-state index contributed by atoms with van der Waals surface area (Å²) in [6.07, 6.45) is -0.156. The molecule has 0 radical (unpaired) electrons. The average molecular weight is 413 g/mol. The number of likely N-dealkylation sites (tertiary alicyclic amines) is 1. The van der Waals surface area contributed by atoms with Crippen LogP contribution in [0.25, 0.3) is 0 Å². The van der Waals surface area contributed by atoms with Gasteiger partial charge in [-0.1, -0.05) is 18.2 Å². The molecule has 0 spiro atoms. The molecule has 9 heteroatoms. The topological polar surface area (TPSA) is 62.3 Å². The first kappa shape index (κ1) is 20.6. The van der Waals surface area contributed by atoms with Crippen molar-refractivity contribution in [3.05, 3.63) is 53.7 Å². The normalized spacial score (nSPS) is 16.9. The number of halogens is 3. The SMILES string of the molecule is CS(=O)(=O)c1cccnc1NC1CCN(Cc2cccc(C(F)(F)F)c2)CC1. The van der Waals surface area contributed by atoms with Crippen LogP contribution >= 0.6 is 0 Å². The first-order valence-corrected chi connectivity index (χ1v) is 10.8. The molecule has 3 rings (SSSR count). The van der Waals surface area contributed by atoms with Crippen molar-refractivity contribution in [2.24, 2.45) is 0 Å². The zero-order valence-electron chi connectivity index (χ0n) is 15.4. The number of pyridine rings is 1. The summed E-state index contributed by atoms with van der Waals surface area (Å²) >= 11 is 0. The molecule has 0 amide bonds. The van der Waals surface area contributed by atoms with Crippen molar-refractivity contribution in [3.8, 4) is 0 Å². The van der Waals surface area contributed by atoms with E-state index in [2.05, 4.69) is 15.2 Å². The molecule has 0 aliphatic carbocycles. The van der Waals surface area contributed by atoms with E-state index >= 15 is 0 Å². The third-order valence-corrected chi connectivity index (χ3v) is 5.89. The summed E-state index contributed by atoms with van der Waals surface area (Å²) in [5, 5.41) is 3.20. The van der Waals surface area contributed by atoms with Crippen LogP contribution in [0.4, 0.5) is 19.0 Å². The number of alkyl halides is 3. The molecule has 1 aliphatic heterocycles. The number of anilines is 1. The van der Waals surface area contributed by atoms with Crippen LogP contribution in [0.3, 0.4) is 0 Å². The van der Waals surface area contributed by atoms with E-state index < -0.39 is 21.6 Å². The summed E-state index contributed by atoms with van der Waals surface area (Å²) in [7, 11) is -3.38. The average Bonchev–Trinajstić information content (AvgIpc) is 2.62. The van der Waals surface area contributed by atoms with Crippen LogP contribution in [0.2, 0.25) is 0 Å². The monoisotopic (exact) mass is 413 g/mol. The maximum Gasteiger partial charge on any atom is 0.416 e. The van der Waals surface area contributed by atoms with Gasteiger partial charge >= 0.3 is 6.18 Å². The van der Waals surface area contributed by atoms with E-state index in [4.69, 9.17) is 0 Å². The summed E-state index contributed by atoms with van der Waals surface area (Å²) in [6.45, 7) is 1.86. The van der Waals surface area contributed by atoms with Gasteiger partial charge < -0.3 is 5.32 Å². The molecular weight excluding hydrogens is 391 g/mol. The number of benzene rings is 1. The smallest absolute Gasteiger partial charge is 0.366 e. The van der Waals surface area contributed by atoms with E-state index in [1.165, 1.54) is 18.2 Å². The van der Waals surface area contributed by atoms with Gasteiger partial charge in [-0.3, -0.25) is 4.90 Å². The van der Waals surface area contributed by atoms with Gasteiger partial charge in [0.15, 0.2) is 9.84 Å². The third-order valence-electron chi connectivity index (χ3n) is 4.76. The molecule has 0 unspecified atom stereocenters. The van der Waals surface area contributed by atoms with Gasteiger partial charge in [0.2, 0.25) is 0 Å². The number of nitrogens with zero attached hydrogens (tertiary/aromatic N) is 2. The molecule has 28 heavy (non-hydrogen) atoms. The van der Waals surface area contributed by atoms with Crippen LogP contribution in [0.5, 0.6) is 0 Å². The lowest BCUT2D eigenvalue weighted by Gasteiger charge is -2.33. The fourth-order valence-corrected chi connectivity index (χ4v) is 4.12. The summed E-state index contributed by atoms with van der Waals surface area (Å²) < 4.78 is 62.3. The number of hydrogen-bond donors (Lipinski definition) is 1. The Morgan fingerprint density at radius 1 is 1.18 bits per heavy atom. The Bertz CT molecular complexity index is 924. The summed E-state index contributed by atoms with van der Waals surface area (Å²) in [5.41, 5.74) is -0.00432. The van der Waals surface area contributed by atoms with Crippen LogP contribution in [-0.2, 0) is 22.6 Å². The lowest BCUT2D eigenvalue weighted by molar-refractivity contribution is -0.137. The third kappa shape index (κ3) is 5.23. The van der Waals surface area contributed by atoms with Crippen LogP contribution in [0, 0.1) is 0 Å². The number of piperidine rings is 1. The Morgan fingerprint density at radius 3 is 2.54 bits per heavy atom. The van der Waals surface area contributed by atoms with Gasteiger partial charge in [-0.05, 0) is 36.6 Å². The van der Waals surface area contributed by atoms with Crippen LogP contribution in [0.1, 0.15) is 24.0 Å². The maximum absolute atomic E-state index is 12.9. The van der Waals surface area contributed by atoms with Gasteiger partial charge in [-0.15, -0.1) is 0 Å². The van der Waals surface area contributed by atoms with Gasteiger partial charge in [0.05, 0.1) is 5.56 Å². The van der Waals surface area contributed by atoms with E-state index in [-0.39, 0.29) is 10.9 Å². The van der Waals surface area contributed by atoms with Crippen molar-refractivity contribution >= 4 is 15.7 Å². The van der Waals surface area contributed by atoms with Crippen LogP contribution in [0.15, 0.2) is 47.5 Å². The molecule has 152 valence electrons. The Kier molecular flexibility index (Phi) is 5.95. The summed E-state index contributed by atoms with van der Waals surface area (Å²) in [4.78, 5) is 6.42. The minimum Gasteiger partial charge on any atom is -0.366 e. The van der Waals surface area contributed by atoms with Crippen molar-refractivity contribution in [2.75, 3.05) is 24.7 Å².